The standard InChI is InChI=1S/C17H17ClN4O2S/c1-22-17(16-4-2-3-9-19-16)10-15(21-22)11-20-25(23,24)12-13-5-7-14(18)8-6-13/h2-10,20H,11-12H2,1H3. The van der Waals surface area contributed by atoms with E-state index in [2.05, 4.69) is 14.8 Å². The summed E-state index contributed by atoms with van der Waals surface area (Å²) in [5, 5.41) is 4.91. The molecule has 3 rings (SSSR count). The highest BCUT2D eigenvalue weighted by Gasteiger charge is 2.14. The van der Waals surface area contributed by atoms with Gasteiger partial charge < -0.3 is 0 Å². The second-order valence-electron chi connectivity index (χ2n) is 5.57. The molecule has 8 heteroatoms. The highest BCUT2D eigenvalue weighted by Crippen LogP contribution is 2.17. The zero-order chi connectivity index (χ0) is 17.9. The van der Waals surface area contributed by atoms with E-state index in [1.54, 1.807) is 42.2 Å². The Morgan fingerprint density at radius 1 is 1.16 bits per heavy atom. The van der Waals surface area contributed by atoms with E-state index >= 15 is 0 Å². The SMILES string of the molecule is Cn1nc(CNS(=O)(=O)Cc2ccc(Cl)cc2)cc1-c1ccccn1. The van der Waals surface area contributed by atoms with Crippen molar-refractivity contribution < 1.29 is 8.42 Å². The number of aromatic nitrogens is 3. The average Bonchev–Trinajstić information content (AvgIpc) is 2.97. The van der Waals surface area contributed by atoms with Gasteiger partial charge in [-0.1, -0.05) is 29.8 Å². The summed E-state index contributed by atoms with van der Waals surface area (Å²) in [6.45, 7) is 0.122. The number of pyridine rings is 1. The van der Waals surface area contributed by atoms with Gasteiger partial charge in [-0.15, -0.1) is 0 Å². The van der Waals surface area contributed by atoms with Gasteiger partial charge in [0.2, 0.25) is 10.0 Å². The van der Waals surface area contributed by atoms with Gasteiger partial charge in [-0.25, -0.2) is 13.1 Å². The van der Waals surface area contributed by atoms with Gasteiger partial charge in [-0.05, 0) is 35.9 Å². The quantitative estimate of drug-likeness (QED) is 0.717. The molecule has 2 aromatic heterocycles. The molecule has 0 bridgehead atoms. The molecule has 0 aliphatic rings. The van der Waals surface area contributed by atoms with Gasteiger partial charge in [0.15, 0.2) is 0 Å². The zero-order valence-corrected chi connectivity index (χ0v) is 15.1. The van der Waals surface area contributed by atoms with Crippen LogP contribution >= 0.6 is 11.6 Å². The minimum atomic E-state index is -3.47. The lowest BCUT2D eigenvalue weighted by Crippen LogP contribution is -2.25. The second kappa shape index (κ2) is 7.35. The molecular weight excluding hydrogens is 360 g/mol. The summed E-state index contributed by atoms with van der Waals surface area (Å²) in [4.78, 5) is 4.28. The molecule has 0 saturated heterocycles. The van der Waals surface area contributed by atoms with E-state index in [0.717, 1.165) is 11.4 Å². The molecule has 0 aliphatic carbocycles. The van der Waals surface area contributed by atoms with Crippen molar-refractivity contribution >= 4 is 21.6 Å². The molecule has 0 amide bonds. The highest BCUT2D eigenvalue weighted by atomic mass is 35.5. The third-order valence-electron chi connectivity index (χ3n) is 3.60. The Hall–Kier alpha value is -2.22. The molecule has 0 unspecified atom stereocenters. The lowest BCUT2D eigenvalue weighted by molar-refractivity contribution is 0.578. The number of hydrogen-bond donors (Lipinski definition) is 1. The minimum Gasteiger partial charge on any atom is -0.266 e. The lowest BCUT2D eigenvalue weighted by atomic mass is 10.2. The third-order valence-corrected chi connectivity index (χ3v) is 5.15. The number of nitrogens with zero attached hydrogens (tertiary/aromatic N) is 3. The molecular formula is C17H17ClN4O2S. The molecule has 1 N–H and O–H groups in total. The summed E-state index contributed by atoms with van der Waals surface area (Å²) in [6, 6.07) is 14.2. The van der Waals surface area contributed by atoms with Gasteiger partial charge in [0.25, 0.3) is 0 Å². The van der Waals surface area contributed by atoms with E-state index in [1.165, 1.54) is 0 Å². The van der Waals surface area contributed by atoms with Gasteiger partial charge in [-0.2, -0.15) is 5.10 Å². The Labute approximate surface area is 151 Å². The average molecular weight is 377 g/mol. The Bertz CT molecular complexity index is 954. The van der Waals surface area contributed by atoms with Crippen molar-refractivity contribution in [1.82, 2.24) is 19.5 Å². The van der Waals surface area contributed by atoms with Crippen molar-refractivity contribution in [2.24, 2.45) is 7.05 Å². The highest BCUT2D eigenvalue weighted by molar-refractivity contribution is 7.88. The van der Waals surface area contributed by atoms with E-state index in [9.17, 15) is 8.42 Å². The number of benzene rings is 1. The monoisotopic (exact) mass is 376 g/mol. The number of halogens is 1. The van der Waals surface area contributed by atoms with Crippen molar-refractivity contribution in [3.63, 3.8) is 0 Å². The van der Waals surface area contributed by atoms with Crippen LogP contribution in [0.1, 0.15) is 11.3 Å². The van der Waals surface area contributed by atoms with Crippen molar-refractivity contribution in [1.29, 1.82) is 0 Å². The molecule has 0 radical (unpaired) electrons. The van der Waals surface area contributed by atoms with E-state index in [4.69, 9.17) is 11.6 Å². The van der Waals surface area contributed by atoms with Crippen molar-refractivity contribution in [2.75, 3.05) is 0 Å². The molecule has 0 spiro atoms. The lowest BCUT2D eigenvalue weighted by Gasteiger charge is -2.05. The molecule has 6 nitrogen and oxygen atoms in total. The Balaban J connectivity index is 1.68. The predicted octanol–water partition coefficient (Wildman–Crippen LogP) is 2.76. The number of sulfonamides is 1. The van der Waals surface area contributed by atoms with Crippen LogP contribution < -0.4 is 4.72 Å². The normalized spacial score (nSPS) is 11.6. The maximum absolute atomic E-state index is 12.2. The Kier molecular flexibility index (Phi) is 5.17. The second-order valence-corrected chi connectivity index (χ2v) is 7.81. The first-order valence-corrected chi connectivity index (χ1v) is 9.62. The largest absolute Gasteiger partial charge is 0.266 e. The number of hydrogen-bond acceptors (Lipinski definition) is 4. The van der Waals surface area contributed by atoms with Crippen LogP contribution in [0, 0.1) is 0 Å². The molecule has 0 atom stereocenters. The van der Waals surface area contributed by atoms with Crippen LogP contribution in [-0.2, 0) is 29.4 Å². The molecule has 3 aromatic rings. The number of nitrogens with one attached hydrogen (secondary N) is 1. The van der Waals surface area contributed by atoms with Crippen LogP contribution in [0.5, 0.6) is 0 Å². The van der Waals surface area contributed by atoms with Gasteiger partial charge in [0.05, 0.1) is 29.4 Å². The topological polar surface area (TPSA) is 76.9 Å². The maximum Gasteiger partial charge on any atom is 0.216 e. The fourth-order valence-corrected chi connectivity index (χ4v) is 3.63. The van der Waals surface area contributed by atoms with Gasteiger partial charge in [-0.3, -0.25) is 9.67 Å². The summed E-state index contributed by atoms with van der Waals surface area (Å²) in [6.07, 6.45) is 1.71. The van der Waals surface area contributed by atoms with E-state index in [-0.39, 0.29) is 12.3 Å². The van der Waals surface area contributed by atoms with Crippen molar-refractivity contribution in [2.45, 2.75) is 12.3 Å². The van der Waals surface area contributed by atoms with Gasteiger partial charge >= 0.3 is 0 Å². The van der Waals surface area contributed by atoms with E-state index in [0.29, 0.717) is 16.3 Å². The summed E-state index contributed by atoms with van der Waals surface area (Å²) in [5.74, 6) is -0.107. The van der Waals surface area contributed by atoms with Gasteiger partial charge in [0.1, 0.15) is 0 Å². The predicted molar refractivity (Wildman–Crippen MR) is 97.4 cm³/mol. The first kappa shape index (κ1) is 17.6. The van der Waals surface area contributed by atoms with E-state index < -0.39 is 10.0 Å². The summed E-state index contributed by atoms with van der Waals surface area (Å²) in [5.41, 5.74) is 2.91. The Morgan fingerprint density at radius 2 is 1.92 bits per heavy atom. The molecule has 130 valence electrons. The first-order valence-electron chi connectivity index (χ1n) is 7.59. The van der Waals surface area contributed by atoms with Crippen molar-refractivity contribution in [3.8, 4) is 11.4 Å². The van der Waals surface area contributed by atoms with Crippen LogP contribution in [0.2, 0.25) is 5.02 Å². The summed E-state index contributed by atoms with van der Waals surface area (Å²) >= 11 is 5.81. The first-order chi connectivity index (χ1) is 11.9. The fourth-order valence-electron chi connectivity index (χ4n) is 2.40. The van der Waals surface area contributed by atoms with Crippen LogP contribution in [0.15, 0.2) is 54.7 Å². The summed E-state index contributed by atoms with van der Waals surface area (Å²) in [7, 11) is -1.67. The Morgan fingerprint density at radius 3 is 2.60 bits per heavy atom. The minimum absolute atomic E-state index is 0.107. The van der Waals surface area contributed by atoms with Crippen LogP contribution in [0.3, 0.4) is 0 Å². The van der Waals surface area contributed by atoms with Crippen molar-refractivity contribution in [3.05, 3.63) is 71.0 Å². The molecule has 1 aromatic carbocycles. The number of aryl methyl sites for hydroxylation is 1. The third kappa shape index (κ3) is 4.66. The molecule has 0 aliphatic heterocycles. The smallest absolute Gasteiger partial charge is 0.216 e. The zero-order valence-electron chi connectivity index (χ0n) is 13.6. The van der Waals surface area contributed by atoms with Gasteiger partial charge in [0, 0.05) is 18.3 Å². The maximum atomic E-state index is 12.2. The van der Waals surface area contributed by atoms with Crippen LogP contribution in [0.4, 0.5) is 0 Å². The molecule has 2 heterocycles. The number of rotatable bonds is 6. The van der Waals surface area contributed by atoms with Crippen LogP contribution in [0.25, 0.3) is 11.4 Å². The van der Waals surface area contributed by atoms with E-state index in [1.807, 2.05) is 24.3 Å². The fraction of sp³-hybridized carbons (Fsp3) is 0.176. The molecule has 25 heavy (non-hydrogen) atoms. The molecule has 0 saturated carbocycles. The summed E-state index contributed by atoms with van der Waals surface area (Å²) < 4.78 is 28.7. The van der Waals surface area contributed by atoms with Crippen LogP contribution in [-0.4, -0.2) is 23.2 Å². The molecule has 0 fully saturated rings.